The summed E-state index contributed by atoms with van der Waals surface area (Å²) in [5, 5.41) is 6.48. The summed E-state index contributed by atoms with van der Waals surface area (Å²) >= 11 is 1.67. The molecular formula is C58H36N4O2S. The highest BCUT2D eigenvalue weighted by Gasteiger charge is 2.21. The fourth-order valence-corrected chi connectivity index (χ4v) is 10.3. The molecular weight excluding hydrogens is 817 g/mol. The molecule has 0 radical (unpaired) electrons. The van der Waals surface area contributed by atoms with Crippen molar-refractivity contribution in [1.82, 2.24) is 9.97 Å². The molecule has 6 nitrogen and oxygen atoms in total. The van der Waals surface area contributed by atoms with Gasteiger partial charge in [0, 0.05) is 78.1 Å². The van der Waals surface area contributed by atoms with Gasteiger partial charge in [-0.25, -0.2) is 9.97 Å². The van der Waals surface area contributed by atoms with E-state index in [2.05, 4.69) is 180 Å². The van der Waals surface area contributed by atoms with Crippen molar-refractivity contribution in [2.45, 2.75) is 0 Å². The maximum absolute atomic E-state index is 6.41. The summed E-state index contributed by atoms with van der Waals surface area (Å²) in [5.74, 6) is 0.575. The summed E-state index contributed by atoms with van der Waals surface area (Å²) in [6.07, 6.45) is 1.97. The molecule has 13 aromatic rings. The summed E-state index contributed by atoms with van der Waals surface area (Å²) in [6, 6.07) is 74.2. The van der Waals surface area contributed by atoms with E-state index in [0.29, 0.717) is 5.95 Å². The summed E-state index contributed by atoms with van der Waals surface area (Å²) in [4.78, 5) is 15.7. The average molecular weight is 853 g/mol. The van der Waals surface area contributed by atoms with Crippen LogP contribution >= 0.6 is 11.3 Å². The monoisotopic (exact) mass is 852 g/mol. The Morgan fingerprint density at radius 1 is 0.338 bits per heavy atom. The molecule has 306 valence electrons. The van der Waals surface area contributed by atoms with Gasteiger partial charge in [0.05, 0.1) is 5.69 Å². The highest BCUT2D eigenvalue weighted by molar-refractivity contribution is 7.25. The Kier molecular flexibility index (Phi) is 8.60. The lowest BCUT2D eigenvalue weighted by molar-refractivity contribution is 0.668. The Bertz CT molecular complexity index is 3640. The number of aromatic nitrogens is 2. The van der Waals surface area contributed by atoms with Crippen molar-refractivity contribution < 1.29 is 8.83 Å². The maximum Gasteiger partial charge on any atom is 0.235 e. The summed E-state index contributed by atoms with van der Waals surface area (Å²) < 4.78 is 13.9. The van der Waals surface area contributed by atoms with Crippen LogP contribution in [0.3, 0.4) is 0 Å². The zero-order chi connectivity index (χ0) is 42.8. The average Bonchev–Trinajstić information content (AvgIpc) is 4.05. The molecule has 13 rings (SSSR count). The van der Waals surface area contributed by atoms with Gasteiger partial charge in [-0.15, -0.1) is 11.3 Å². The molecule has 7 heteroatoms. The fraction of sp³-hybridized carbons (Fsp3) is 0. The molecule has 0 atom stereocenters. The third-order valence-corrected chi connectivity index (χ3v) is 13.4. The molecule has 0 saturated carbocycles. The normalized spacial score (nSPS) is 11.7. The number of hydrogen-bond donors (Lipinski definition) is 0. The van der Waals surface area contributed by atoms with Crippen molar-refractivity contribution in [2.24, 2.45) is 0 Å². The Labute approximate surface area is 377 Å². The van der Waals surface area contributed by atoms with Crippen molar-refractivity contribution in [3.8, 4) is 22.3 Å². The maximum atomic E-state index is 6.41. The van der Waals surface area contributed by atoms with Gasteiger partial charge in [0.15, 0.2) is 0 Å². The van der Waals surface area contributed by atoms with Crippen LogP contribution in [0.2, 0.25) is 0 Å². The van der Waals surface area contributed by atoms with Gasteiger partial charge in [0.25, 0.3) is 0 Å². The van der Waals surface area contributed by atoms with E-state index in [-0.39, 0.29) is 0 Å². The van der Waals surface area contributed by atoms with E-state index in [4.69, 9.17) is 18.8 Å². The van der Waals surface area contributed by atoms with Gasteiger partial charge in [-0.3, -0.25) is 4.90 Å². The Hall–Kier alpha value is -8.52. The molecule has 4 aromatic heterocycles. The van der Waals surface area contributed by atoms with E-state index in [9.17, 15) is 0 Å². The standard InChI is InChI=1S/C58H36N4O2S/c1-3-11-37(12-4-1)39-19-23-41(24-20-39)61(43-27-30-48-46-15-7-9-17-52(46)63-54(48)33-43)45-29-32-50-51-36-59-58(60-57(51)65-56(50)35-45)62(42-25-21-40(22-26-42)38-13-5-2-6-14-38)44-28-31-49-47-16-8-10-18-53(47)64-55(49)34-44/h1-36H. The van der Waals surface area contributed by atoms with Crippen molar-refractivity contribution in [2.75, 3.05) is 9.80 Å². The first kappa shape index (κ1) is 37.1. The topological polar surface area (TPSA) is 58.5 Å². The Morgan fingerprint density at radius 3 is 1.34 bits per heavy atom. The molecule has 0 spiro atoms. The molecule has 0 fully saturated rings. The minimum absolute atomic E-state index is 0.575. The van der Waals surface area contributed by atoms with Crippen LogP contribution in [0.25, 0.3) is 86.4 Å². The van der Waals surface area contributed by atoms with Crippen molar-refractivity contribution in [3.05, 3.63) is 219 Å². The highest BCUT2D eigenvalue weighted by Crippen LogP contribution is 2.44. The lowest BCUT2D eigenvalue weighted by atomic mass is 10.0. The van der Waals surface area contributed by atoms with E-state index in [1.54, 1.807) is 11.3 Å². The van der Waals surface area contributed by atoms with E-state index in [1.165, 1.54) is 5.56 Å². The van der Waals surface area contributed by atoms with Crippen LogP contribution in [0.15, 0.2) is 227 Å². The molecule has 9 aromatic carbocycles. The molecule has 0 N–H and O–H groups in total. The SMILES string of the molecule is c1ccc(-c2ccc(N(c3ccc4c(c3)oc3ccccc34)c3ccc4c(c3)sc3nc(N(c5ccc(-c6ccccc6)cc5)c5ccc6c(c5)oc5ccccc56)ncc34)cc2)cc1. The smallest absolute Gasteiger partial charge is 0.235 e. The quantitative estimate of drug-likeness (QED) is 0.152. The van der Waals surface area contributed by atoms with Gasteiger partial charge in [-0.05, 0) is 95.1 Å². The van der Waals surface area contributed by atoms with Crippen LogP contribution in [0.1, 0.15) is 0 Å². The Balaban J connectivity index is 0.929. The summed E-state index contributed by atoms with van der Waals surface area (Å²) in [5.41, 5.74) is 12.9. The van der Waals surface area contributed by atoms with E-state index < -0.39 is 0 Å². The second-order valence-electron chi connectivity index (χ2n) is 16.2. The number of rotatable bonds is 8. The van der Waals surface area contributed by atoms with Gasteiger partial charge in [-0.1, -0.05) is 127 Å². The molecule has 0 amide bonds. The molecule has 0 aliphatic heterocycles. The third-order valence-electron chi connectivity index (χ3n) is 12.4. The summed E-state index contributed by atoms with van der Waals surface area (Å²) in [7, 11) is 0. The largest absolute Gasteiger partial charge is 0.456 e. The lowest BCUT2D eigenvalue weighted by Crippen LogP contribution is -2.13. The van der Waals surface area contributed by atoms with Crippen LogP contribution in [-0.2, 0) is 0 Å². The summed E-state index contributed by atoms with van der Waals surface area (Å²) in [6.45, 7) is 0. The molecule has 65 heavy (non-hydrogen) atoms. The number of para-hydroxylation sites is 2. The van der Waals surface area contributed by atoms with Crippen LogP contribution in [0.4, 0.5) is 34.4 Å². The van der Waals surface area contributed by atoms with Gasteiger partial charge < -0.3 is 13.7 Å². The van der Waals surface area contributed by atoms with Crippen LogP contribution in [-0.4, -0.2) is 9.97 Å². The van der Waals surface area contributed by atoms with Gasteiger partial charge in [-0.2, -0.15) is 0 Å². The number of benzene rings is 9. The van der Waals surface area contributed by atoms with Crippen molar-refractivity contribution in [3.63, 3.8) is 0 Å². The number of anilines is 6. The first-order valence-corrected chi connectivity index (χ1v) is 22.4. The predicted octanol–water partition coefficient (Wildman–Crippen LogP) is 16.9. The first-order valence-electron chi connectivity index (χ1n) is 21.6. The number of fused-ring (bicyclic) bond motifs is 9. The van der Waals surface area contributed by atoms with Crippen LogP contribution in [0, 0.1) is 0 Å². The third kappa shape index (κ3) is 6.40. The fourth-order valence-electron chi connectivity index (χ4n) is 9.19. The van der Waals surface area contributed by atoms with E-state index >= 15 is 0 Å². The number of hydrogen-bond acceptors (Lipinski definition) is 7. The predicted molar refractivity (Wildman–Crippen MR) is 270 cm³/mol. The molecule has 0 bridgehead atoms. The van der Waals surface area contributed by atoms with Gasteiger partial charge >= 0.3 is 0 Å². The molecule has 0 saturated heterocycles. The number of thiophene rings is 1. The molecule has 0 aliphatic rings. The highest BCUT2D eigenvalue weighted by atomic mass is 32.1. The minimum Gasteiger partial charge on any atom is -0.456 e. The molecule has 0 aliphatic carbocycles. The van der Waals surface area contributed by atoms with Gasteiger partial charge in [0.1, 0.15) is 27.2 Å². The minimum atomic E-state index is 0.575. The van der Waals surface area contributed by atoms with E-state index in [0.717, 1.165) is 109 Å². The van der Waals surface area contributed by atoms with E-state index in [1.807, 2.05) is 48.7 Å². The van der Waals surface area contributed by atoms with Gasteiger partial charge in [0.2, 0.25) is 5.95 Å². The van der Waals surface area contributed by atoms with Crippen LogP contribution in [0.5, 0.6) is 0 Å². The number of furan rings is 2. The molecule has 0 unspecified atom stereocenters. The lowest BCUT2D eigenvalue weighted by Gasteiger charge is -2.25. The van der Waals surface area contributed by atoms with Crippen LogP contribution < -0.4 is 9.80 Å². The molecule has 4 heterocycles. The first-order chi connectivity index (χ1) is 32.2. The second-order valence-corrected chi connectivity index (χ2v) is 17.3. The zero-order valence-electron chi connectivity index (χ0n) is 34.8. The van der Waals surface area contributed by atoms with Crippen molar-refractivity contribution >= 4 is 110 Å². The second kappa shape index (κ2) is 15.1. The number of nitrogens with zero attached hydrogens (tertiary/aromatic N) is 4. The zero-order valence-corrected chi connectivity index (χ0v) is 35.6. The Morgan fingerprint density at radius 2 is 0.769 bits per heavy atom. The van der Waals surface area contributed by atoms with Crippen molar-refractivity contribution in [1.29, 1.82) is 0 Å².